The quantitative estimate of drug-likeness (QED) is 0.782. The number of anilines is 1. The maximum Gasteiger partial charge on any atom is 0.343 e. The summed E-state index contributed by atoms with van der Waals surface area (Å²) < 4.78 is 20.3. The zero-order chi connectivity index (χ0) is 14.4. The first-order valence-electron chi connectivity index (χ1n) is 6.15. The lowest BCUT2D eigenvalue weighted by atomic mass is 10.2. The standard InChI is InChI=1S/C12H20N2O3S2/c1-5-17-12(15)10-9(3)14-18-11(10)13-8(2)6-7-19(4)16/h8,13H,5-7H2,1-4H3. The second kappa shape index (κ2) is 7.59. The van der Waals surface area contributed by atoms with Gasteiger partial charge in [0, 0.05) is 28.9 Å². The van der Waals surface area contributed by atoms with Crippen LogP contribution in [0.4, 0.5) is 5.00 Å². The van der Waals surface area contributed by atoms with Gasteiger partial charge in [-0.25, -0.2) is 4.79 Å². The first-order chi connectivity index (χ1) is 8.95. The zero-order valence-corrected chi connectivity index (χ0v) is 13.3. The van der Waals surface area contributed by atoms with Gasteiger partial charge in [-0.3, -0.25) is 4.21 Å². The molecule has 108 valence electrons. The summed E-state index contributed by atoms with van der Waals surface area (Å²) in [4.78, 5) is 11.9. The monoisotopic (exact) mass is 304 g/mol. The normalized spacial score (nSPS) is 13.9. The molecule has 0 saturated heterocycles. The van der Waals surface area contributed by atoms with Crippen molar-refractivity contribution >= 4 is 33.3 Å². The van der Waals surface area contributed by atoms with Crippen molar-refractivity contribution in [3.8, 4) is 0 Å². The summed E-state index contributed by atoms with van der Waals surface area (Å²) in [5.41, 5.74) is 1.19. The van der Waals surface area contributed by atoms with Crippen molar-refractivity contribution in [3.05, 3.63) is 11.3 Å². The number of aryl methyl sites for hydroxylation is 1. The molecular formula is C12H20N2O3S2. The van der Waals surface area contributed by atoms with Gasteiger partial charge in [0.2, 0.25) is 0 Å². The highest BCUT2D eigenvalue weighted by molar-refractivity contribution is 7.84. The van der Waals surface area contributed by atoms with Crippen LogP contribution in [0.25, 0.3) is 0 Å². The number of nitrogens with zero attached hydrogens (tertiary/aromatic N) is 1. The molecule has 0 spiro atoms. The molecule has 5 nitrogen and oxygen atoms in total. The van der Waals surface area contributed by atoms with Crippen LogP contribution in [0.2, 0.25) is 0 Å². The molecule has 7 heteroatoms. The van der Waals surface area contributed by atoms with E-state index in [1.54, 1.807) is 20.1 Å². The van der Waals surface area contributed by atoms with Crippen molar-refractivity contribution in [2.75, 3.05) is 23.9 Å². The lowest BCUT2D eigenvalue weighted by Gasteiger charge is -2.13. The van der Waals surface area contributed by atoms with Crippen LogP contribution in [0.15, 0.2) is 0 Å². The maximum atomic E-state index is 11.9. The Kier molecular flexibility index (Phi) is 6.44. The number of hydrogen-bond acceptors (Lipinski definition) is 6. The molecule has 0 aromatic carbocycles. The number of ether oxygens (including phenoxy) is 1. The third-order valence-corrected chi connectivity index (χ3v) is 4.24. The average Bonchev–Trinajstić information content (AvgIpc) is 2.68. The van der Waals surface area contributed by atoms with Crippen molar-refractivity contribution in [3.63, 3.8) is 0 Å². The van der Waals surface area contributed by atoms with Gasteiger partial charge in [0.25, 0.3) is 0 Å². The smallest absolute Gasteiger partial charge is 0.343 e. The Morgan fingerprint density at radius 1 is 1.58 bits per heavy atom. The van der Waals surface area contributed by atoms with Gasteiger partial charge in [-0.15, -0.1) is 0 Å². The number of hydrogen-bond donors (Lipinski definition) is 1. The van der Waals surface area contributed by atoms with Crippen LogP contribution in [0.5, 0.6) is 0 Å². The third kappa shape index (κ3) is 4.91. The van der Waals surface area contributed by atoms with E-state index in [4.69, 9.17) is 4.74 Å². The molecule has 2 atom stereocenters. The maximum absolute atomic E-state index is 11.9. The van der Waals surface area contributed by atoms with Crippen LogP contribution in [-0.2, 0) is 15.5 Å². The van der Waals surface area contributed by atoms with E-state index in [9.17, 15) is 9.00 Å². The van der Waals surface area contributed by atoms with E-state index in [-0.39, 0.29) is 12.0 Å². The molecule has 0 amide bonds. The number of esters is 1. The fourth-order valence-electron chi connectivity index (χ4n) is 1.55. The molecule has 19 heavy (non-hydrogen) atoms. The van der Waals surface area contributed by atoms with Gasteiger partial charge in [0.15, 0.2) is 0 Å². The Hall–Kier alpha value is -0.950. The van der Waals surface area contributed by atoms with E-state index in [1.807, 2.05) is 6.92 Å². The van der Waals surface area contributed by atoms with E-state index >= 15 is 0 Å². The van der Waals surface area contributed by atoms with Crippen molar-refractivity contribution in [1.82, 2.24) is 4.37 Å². The summed E-state index contributed by atoms with van der Waals surface area (Å²) in [6, 6.07) is 0.136. The molecular weight excluding hydrogens is 284 g/mol. The Bertz CT molecular complexity index is 460. The first kappa shape index (κ1) is 16.1. The van der Waals surface area contributed by atoms with Gasteiger partial charge in [0.05, 0.1) is 12.3 Å². The molecule has 1 N–H and O–H groups in total. The molecule has 1 aromatic heterocycles. The summed E-state index contributed by atoms with van der Waals surface area (Å²) in [7, 11) is -0.800. The highest BCUT2D eigenvalue weighted by atomic mass is 32.2. The number of aromatic nitrogens is 1. The van der Waals surface area contributed by atoms with Gasteiger partial charge in [-0.1, -0.05) is 0 Å². The van der Waals surface area contributed by atoms with Crippen LogP contribution in [0.1, 0.15) is 36.3 Å². The van der Waals surface area contributed by atoms with Crippen LogP contribution in [-0.4, -0.2) is 39.2 Å². The van der Waals surface area contributed by atoms with Gasteiger partial charge in [-0.05, 0) is 38.7 Å². The van der Waals surface area contributed by atoms with Crippen LogP contribution in [0.3, 0.4) is 0 Å². The first-order valence-corrected chi connectivity index (χ1v) is 8.65. The minimum absolute atomic E-state index is 0.136. The molecule has 0 radical (unpaired) electrons. The van der Waals surface area contributed by atoms with E-state index in [1.165, 1.54) is 11.5 Å². The van der Waals surface area contributed by atoms with Gasteiger partial charge in [-0.2, -0.15) is 4.37 Å². The molecule has 0 saturated carbocycles. The lowest BCUT2D eigenvalue weighted by molar-refractivity contribution is 0.0527. The predicted molar refractivity (Wildman–Crippen MR) is 79.4 cm³/mol. The van der Waals surface area contributed by atoms with Crippen LogP contribution < -0.4 is 5.32 Å². The van der Waals surface area contributed by atoms with E-state index < -0.39 is 10.8 Å². The molecule has 0 aliphatic carbocycles. The number of carbonyl (C=O) groups excluding carboxylic acids is 1. The van der Waals surface area contributed by atoms with Gasteiger partial charge < -0.3 is 10.1 Å². The highest BCUT2D eigenvalue weighted by Crippen LogP contribution is 2.26. The Morgan fingerprint density at radius 2 is 2.26 bits per heavy atom. The fourth-order valence-corrected chi connectivity index (χ4v) is 3.13. The summed E-state index contributed by atoms with van der Waals surface area (Å²) in [6.07, 6.45) is 2.47. The Balaban J connectivity index is 2.73. The van der Waals surface area contributed by atoms with E-state index in [0.717, 1.165) is 11.4 Å². The van der Waals surface area contributed by atoms with Gasteiger partial charge >= 0.3 is 5.97 Å². The minimum atomic E-state index is -0.800. The summed E-state index contributed by atoms with van der Waals surface area (Å²) in [5, 5.41) is 3.97. The average molecular weight is 304 g/mol. The van der Waals surface area contributed by atoms with Crippen molar-refractivity contribution < 1.29 is 13.7 Å². The molecule has 1 rings (SSSR count). The van der Waals surface area contributed by atoms with Crippen LogP contribution >= 0.6 is 11.5 Å². The second-order valence-electron chi connectivity index (χ2n) is 4.30. The number of rotatable bonds is 7. The minimum Gasteiger partial charge on any atom is -0.462 e. The molecule has 2 unspecified atom stereocenters. The van der Waals surface area contributed by atoms with Gasteiger partial charge in [0.1, 0.15) is 10.6 Å². The molecule has 0 aliphatic heterocycles. The van der Waals surface area contributed by atoms with Crippen molar-refractivity contribution in [1.29, 1.82) is 0 Å². The Morgan fingerprint density at radius 3 is 2.84 bits per heavy atom. The molecule has 1 heterocycles. The topological polar surface area (TPSA) is 68.3 Å². The third-order valence-electron chi connectivity index (χ3n) is 2.56. The molecule has 0 bridgehead atoms. The zero-order valence-electron chi connectivity index (χ0n) is 11.7. The summed E-state index contributed by atoms with van der Waals surface area (Å²) in [6.45, 7) is 5.91. The number of carbonyl (C=O) groups is 1. The van der Waals surface area contributed by atoms with Crippen molar-refractivity contribution in [2.24, 2.45) is 0 Å². The van der Waals surface area contributed by atoms with E-state index in [0.29, 0.717) is 23.6 Å². The summed E-state index contributed by atoms with van der Waals surface area (Å²) >= 11 is 1.26. The number of nitrogens with one attached hydrogen (secondary N) is 1. The largest absolute Gasteiger partial charge is 0.462 e. The molecule has 1 aromatic rings. The van der Waals surface area contributed by atoms with E-state index in [2.05, 4.69) is 9.69 Å². The van der Waals surface area contributed by atoms with Crippen LogP contribution in [0, 0.1) is 6.92 Å². The predicted octanol–water partition coefficient (Wildman–Crippen LogP) is 2.20. The summed E-state index contributed by atoms with van der Waals surface area (Å²) in [5.74, 6) is 0.295. The van der Waals surface area contributed by atoms with Crippen molar-refractivity contribution in [2.45, 2.75) is 33.2 Å². The molecule has 0 aliphatic rings. The second-order valence-corrected chi connectivity index (χ2v) is 6.63. The fraction of sp³-hybridized carbons (Fsp3) is 0.667. The SMILES string of the molecule is CCOC(=O)c1c(C)nsc1NC(C)CCS(C)=O. The lowest BCUT2D eigenvalue weighted by Crippen LogP contribution is -2.19. The molecule has 0 fully saturated rings. The highest BCUT2D eigenvalue weighted by Gasteiger charge is 2.20. The Labute approximate surface area is 120 Å².